The van der Waals surface area contributed by atoms with E-state index in [0.29, 0.717) is 4.90 Å². The van der Waals surface area contributed by atoms with Crippen molar-refractivity contribution in [3.05, 3.63) is 23.8 Å². The zero-order chi connectivity index (χ0) is 14.1. The summed E-state index contributed by atoms with van der Waals surface area (Å²) < 4.78 is 23.8. The van der Waals surface area contributed by atoms with Gasteiger partial charge in [0.1, 0.15) is 0 Å². The number of sulfone groups is 1. The van der Waals surface area contributed by atoms with Gasteiger partial charge in [-0.05, 0) is 36.8 Å². The standard InChI is InChI=1S/C14H21NO2S2/c1-18-12-7-6-11(10-13(12)19(2,16)17)14(15)8-4-3-5-9-14/h6-7,10H,3-5,8-9,15H2,1-2H3. The van der Waals surface area contributed by atoms with E-state index in [2.05, 4.69) is 0 Å². The quantitative estimate of drug-likeness (QED) is 0.872. The molecule has 0 amide bonds. The molecule has 5 heteroatoms. The Bertz CT molecular complexity index is 561. The van der Waals surface area contributed by atoms with Crippen LogP contribution in [0, 0.1) is 0 Å². The highest BCUT2D eigenvalue weighted by atomic mass is 32.2. The third kappa shape index (κ3) is 3.15. The van der Waals surface area contributed by atoms with Crippen molar-refractivity contribution in [3.8, 4) is 0 Å². The van der Waals surface area contributed by atoms with Crippen LogP contribution >= 0.6 is 11.8 Å². The van der Waals surface area contributed by atoms with Crippen molar-refractivity contribution >= 4 is 21.6 Å². The minimum absolute atomic E-state index is 0.353. The molecular weight excluding hydrogens is 278 g/mol. The van der Waals surface area contributed by atoms with Crippen LogP contribution in [0.25, 0.3) is 0 Å². The zero-order valence-corrected chi connectivity index (χ0v) is 13.1. The molecule has 0 heterocycles. The SMILES string of the molecule is CSc1ccc(C2(N)CCCCC2)cc1S(C)(=O)=O. The summed E-state index contributed by atoms with van der Waals surface area (Å²) in [6.45, 7) is 0. The van der Waals surface area contributed by atoms with E-state index in [1.54, 1.807) is 6.07 Å². The van der Waals surface area contributed by atoms with E-state index in [4.69, 9.17) is 5.73 Å². The van der Waals surface area contributed by atoms with Crippen molar-refractivity contribution in [3.63, 3.8) is 0 Å². The second kappa shape index (κ2) is 5.46. The van der Waals surface area contributed by atoms with E-state index in [9.17, 15) is 8.42 Å². The number of benzene rings is 1. The molecule has 106 valence electrons. The van der Waals surface area contributed by atoms with Crippen LogP contribution in [0.15, 0.2) is 28.0 Å². The molecule has 2 rings (SSSR count). The smallest absolute Gasteiger partial charge is 0.176 e. The van der Waals surface area contributed by atoms with Crippen LogP contribution in [0.1, 0.15) is 37.7 Å². The number of rotatable bonds is 3. The average molecular weight is 299 g/mol. The number of hydrogen-bond donors (Lipinski definition) is 1. The van der Waals surface area contributed by atoms with Crippen molar-refractivity contribution in [1.82, 2.24) is 0 Å². The highest BCUT2D eigenvalue weighted by Crippen LogP contribution is 2.37. The summed E-state index contributed by atoms with van der Waals surface area (Å²) in [5, 5.41) is 0. The van der Waals surface area contributed by atoms with Crippen LogP contribution in [-0.2, 0) is 15.4 Å². The fraction of sp³-hybridized carbons (Fsp3) is 0.571. The topological polar surface area (TPSA) is 60.2 Å². The second-order valence-electron chi connectivity index (χ2n) is 5.35. The predicted octanol–water partition coefficient (Wildman–Crippen LogP) is 2.93. The van der Waals surface area contributed by atoms with E-state index < -0.39 is 9.84 Å². The van der Waals surface area contributed by atoms with Crippen LogP contribution in [-0.4, -0.2) is 20.9 Å². The van der Waals surface area contributed by atoms with Gasteiger partial charge in [-0.25, -0.2) is 8.42 Å². The number of hydrogen-bond acceptors (Lipinski definition) is 4. The van der Waals surface area contributed by atoms with Crippen LogP contribution < -0.4 is 5.73 Å². The predicted molar refractivity (Wildman–Crippen MR) is 80.3 cm³/mol. The fourth-order valence-electron chi connectivity index (χ4n) is 2.75. The lowest BCUT2D eigenvalue weighted by atomic mass is 9.77. The molecule has 0 radical (unpaired) electrons. The Labute approximate surface area is 119 Å². The van der Waals surface area contributed by atoms with E-state index in [0.717, 1.165) is 36.1 Å². The van der Waals surface area contributed by atoms with Crippen LogP contribution in [0.3, 0.4) is 0 Å². The maximum absolute atomic E-state index is 11.9. The van der Waals surface area contributed by atoms with Gasteiger partial charge < -0.3 is 5.73 Å². The normalized spacial score (nSPS) is 19.3. The van der Waals surface area contributed by atoms with Gasteiger partial charge in [0.05, 0.1) is 4.90 Å². The molecule has 0 aliphatic heterocycles. The number of nitrogens with two attached hydrogens (primary N) is 1. The summed E-state index contributed by atoms with van der Waals surface area (Å²) in [5.74, 6) is 0. The van der Waals surface area contributed by atoms with Gasteiger partial charge in [0.2, 0.25) is 0 Å². The lowest BCUT2D eigenvalue weighted by Crippen LogP contribution is -2.38. The minimum Gasteiger partial charge on any atom is -0.321 e. The van der Waals surface area contributed by atoms with E-state index in [1.165, 1.54) is 24.4 Å². The zero-order valence-electron chi connectivity index (χ0n) is 11.5. The molecule has 0 aromatic heterocycles. The number of thioether (sulfide) groups is 1. The minimum atomic E-state index is -3.21. The van der Waals surface area contributed by atoms with Crippen LogP contribution in [0.2, 0.25) is 0 Å². The summed E-state index contributed by atoms with van der Waals surface area (Å²) in [6, 6.07) is 5.66. The molecule has 1 aromatic carbocycles. The first-order valence-electron chi connectivity index (χ1n) is 6.54. The molecule has 1 saturated carbocycles. The Kier molecular flexibility index (Phi) is 4.28. The van der Waals surface area contributed by atoms with Gasteiger partial charge in [-0.2, -0.15) is 0 Å². The van der Waals surface area contributed by atoms with E-state index in [-0.39, 0.29) is 5.54 Å². The highest BCUT2D eigenvalue weighted by molar-refractivity contribution is 7.99. The lowest BCUT2D eigenvalue weighted by molar-refractivity contribution is 0.301. The summed E-state index contributed by atoms with van der Waals surface area (Å²) in [4.78, 5) is 1.21. The Morgan fingerprint density at radius 3 is 2.37 bits per heavy atom. The first-order valence-corrected chi connectivity index (χ1v) is 9.66. The van der Waals surface area contributed by atoms with Crippen LogP contribution in [0.4, 0.5) is 0 Å². The third-order valence-electron chi connectivity index (χ3n) is 3.88. The summed E-state index contributed by atoms with van der Waals surface area (Å²) in [5.41, 5.74) is 7.09. The summed E-state index contributed by atoms with van der Waals surface area (Å²) in [6.07, 6.45) is 8.49. The molecule has 19 heavy (non-hydrogen) atoms. The Morgan fingerprint density at radius 2 is 1.84 bits per heavy atom. The van der Waals surface area contributed by atoms with E-state index >= 15 is 0 Å². The first-order chi connectivity index (χ1) is 8.87. The van der Waals surface area contributed by atoms with Crippen molar-refractivity contribution < 1.29 is 8.42 Å². The van der Waals surface area contributed by atoms with Gasteiger partial charge in [0, 0.05) is 16.7 Å². The highest BCUT2D eigenvalue weighted by Gasteiger charge is 2.30. The maximum atomic E-state index is 11.9. The monoisotopic (exact) mass is 299 g/mol. The van der Waals surface area contributed by atoms with E-state index in [1.807, 2.05) is 18.4 Å². The van der Waals surface area contributed by atoms with Crippen molar-refractivity contribution in [2.45, 2.75) is 47.4 Å². The molecule has 1 aliphatic rings. The molecule has 1 aliphatic carbocycles. The molecular formula is C14H21NO2S2. The molecule has 2 N–H and O–H groups in total. The summed E-state index contributed by atoms with van der Waals surface area (Å²) >= 11 is 1.46. The first kappa shape index (κ1) is 14.9. The second-order valence-corrected chi connectivity index (χ2v) is 8.19. The molecule has 0 atom stereocenters. The van der Waals surface area contributed by atoms with Crippen molar-refractivity contribution in [2.75, 3.05) is 12.5 Å². The summed E-state index contributed by atoms with van der Waals surface area (Å²) in [7, 11) is -3.21. The molecule has 0 spiro atoms. The third-order valence-corrected chi connectivity index (χ3v) is 5.95. The van der Waals surface area contributed by atoms with Gasteiger partial charge in [-0.3, -0.25) is 0 Å². The Balaban J connectivity index is 2.49. The average Bonchev–Trinajstić information content (AvgIpc) is 2.38. The lowest BCUT2D eigenvalue weighted by Gasteiger charge is -2.34. The van der Waals surface area contributed by atoms with Gasteiger partial charge in [-0.1, -0.05) is 25.3 Å². The fourth-order valence-corrected chi connectivity index (χ4v) is 4.69. The van der Waals surface area contributed by atoms with Crippen LogP contribution in [0.5, 0.6) is 0 Å². The Hall–Kier alpha value is -0.520. The van der Waals surface area contributed by atoms with Gasteiger partial charge in [0.15, 0.2) is 9.84 Å². The molecule has 1 aromatic rings. The molecule has 0 unspecified atom stereocenters. The molecule has 3 nitrogen and oxygen atoms in total. The van der Waals surface area contributed by atoms with Gasteiger partial charge in [0.25, 0.3) is 0 Å². The van der Waals surface area contributed by atoms with Gasteiger partial charge >= 0.3 is 0 Å². The largest absolute Gasteiger partial charge is 0.321 e. The molecule has 0 saturated heterocycles. The molecule has 0 bridgehead atoms. The van der Waals surface area contributed by atoms with Crippen molar-refractivity contribution in [1.29, 1.82) is 0 Å². The van der Waals surface area contributed by atoms with Crippen molar-refractivity contribution in [2.24, 2.45) is 5.73 Å². The maximum Gasteiger partial charge on any atom is 0.176 e. The van der Waals surface area contributed by atoms with Gasteiger partial charge in [-0.15, -0.1) is 11.8 Å². The molecule has 1 fully saturated rings. The Morgan fingerprint density at radius 1 is 1.21 bits per heavy atom.